The topological polar surface area (TPSA) is 72.5 Å². The van der Waals surface area contributed by atoms with Crippen molar-refractivity contribution in [3.8, 4) is 0 Å². The lowest BCUT2D eigenvalue weighted by Crippen LogP contribution is -2.19. The molecule has 0 aromatic heterocycles. The van der Waals surface area contributed by atoms with Crippen molar-refractivity contribution in [2.24, 2.45) is 0 Å². The SMILES string of the molecule is C=CC(=O)Nc1ccc(N(c2ccccc2)S(=O)[O-])cc1. The van der Waals surface area contributed by atoms with Gasteiger partial charge in [0.2, 0.25) is 5.91 Å². The van der Waals surface area contributed by atoms with Crippen molar-refractivity contribution >= 4 is 34.2 Å². The molecule has 0 saturated carbocycles. The molecule has 0 aliphatic rings. The molecule has 21 heavy (non-hydrogen) atoms. The van der Waals surface area contributed by atoms with Crippen LogP contribution in [0.3, 0.4) is 0 Å². The number of para-hydroxylation sites is 1. The lowest BCUT2D eigenvalue weighted by Gasteiger charge is -2.26. The number of amides is 1. The van der Waals surface area contributed by atoms with Crippen LogP contribution in [0.5, 0.6) is 0 Å². The maximum atomic E-state index is 11.5. The lowest BCUT2D eigenvalue weighted by molar-refractivity contribution is -0.111. The zero-order chi connectivity index (χ0) is 15.2. The summed E-state index contributed by atoms with van der Waals surface area (Å²) in [5.74, 6) is -0.324. The Labute approximate surface area is 125 Å². The molecule has 108 valence electrons. The molecular weight excluding hydrogens is 288 g/mol. The molecule has 2 aromatic rings. The van der Waals surface area contributed by atoms with Crippen molar-refractivity contribution in [3.05, 3.63) is 67.3 Å². The molecule has 1 atom stereocenters. The van der Waals surface area contributed by atoms with Crippen molar-refractivity contribution < 1.29 is 13.6 Å². The van der Waals surface area contributed by atoms with Crippen LogP contribution < -0.4 is 9.62 Å². The molecule has 1 unspecified atom stereocenters. The summed E-state index contributed by atoms with van der Waals surface area (Å²) in [5, 5.41) is 2.60. The highest BCUT2D eigenvalue weighted by atomic mass is 32.2. The minimum Gasteiger partial charge on any atom is -0.755 e. The first-order valence-electron chi connectivity index (χ1n) is 6.10. The van der Waals surface area contributed by atoms with E-state index in [4.69, 9.17) is 0 Å². The summed E-state index contributed by atoms with van der Waals surface area (Å²) >= 11 is -2.44. The Bertz CT molecular complexity index is 656. The minimum atomic E-state index is -2.44. The van der Waals surface area contributed by atoms with Gasteiger partial charge >= 0.3 is 0 Å². The standard InChI is InChI=1S/C15H14N2O3S/c1-2-15(18)16-12-8-10-14(11-9-12)17(21(19)20)13-6-4-3-5-7-13/h2-11H,1H2,(H,16,18)(H,19,20)/p-1. The highest BCUT2D eigenvalue weighted by Crippen LogP contribution is 2.27. The predicted octanol–water partition coefficient (Wildman–Crippen LogP) is 2.74. The number of carbonyl (C=O) groups excluding carboxylic acids is 1. The molecule has 0 aliphatic carbocycles. The summed E-state index contributed by atoms with van der Waals surface area (Å²) in [7, 11) is 0. The zero-order valence-electron chi connectivity index (χ0n) is 11.1. The van der Waals surface area contributed by atoms with Crippen LogP contribution in [0.1, 0.15) is 0 Å². The number of hydrogen-bond donors (Lipinski definition) is 1. The molecule has 1 N–H and O–H groups in total. The van der Waals surface area contributed by atoms with E-state index >= 15 is 0 Å². The summed E-state index contributed by atoms with van der Waals surface area (Å²) in [4.78, 5) is 11.2. The molecular formula is C15H13N2O3S-. The van der Waals surface area contributed by atoms with Crippen LogP contribution in [-0.4, -0.2) is 14.7 Å². The molecule has 0 aliphatic heterocycles. The van der Waals surface area contributed by atoms with Gasteiger partial charge in [-0.15, -0.1) is 0 Å². The molecule has 0 heterocycles. The number of nitrogens with one attached hydrogen (secondary N) is 1. The molecule has 2 rings (SSSR count). The Balaban J connectivity index is 2.28. The van der Waals surface area contributed by atoms with Gasteiger partial charge in [-0.1, -0.05) is 24.8 Å². The van der Waals surface area contributed by atoms with E-state index in [2.05, 4.69) is 11.9 Å². The fourth-order valence-corrected chi connectivity index (χ4v) is 2.35. The third-order valence-corrected chi connectivity index (χ3v) is 3.41. The average Bonchev–Trinajstić information content (AvgIpc) is 2.50. The van der Waals surface area contributed by atoms with E-state index in [1.807, 2.05) is 6.07 Å². The molecule has 1 amide bonds. The largest absolute Gasteiger partial charge is 0.755 e. The average molecular weight is 301 g/mol. The van der Waals surface area contributed by atoms with Crippen LogP contribution >= 0.6 is 0 Å². The lowest BCUT2D eigenvalue weighted by atomic mass is 10.2. The highest BCUT2D eigenvalue weighted by molar-refractivity contribution is 7.81. The number of benzene rings is 2. The second-order valence-electron chi connectivity index (χ2n) is 4.09. The monoisotopic (exact) mass is 301 g/mol. The second kappa shape index (κ2) is 6.83. The van der Waals surface area contributed by atoms with E-state index in [1.165, 1.54) is 4.31 Å². The molecule has 6 heteroatoms. The maximum absolute atomic E-state index is 11.5. The van der Waals surface area contributed by atoms with Crippen LogP contribution in [0, 0.1) is 0 Å². The Kier molecular flexibility index (Phi) is 4.86. The van der Waals surface area contributed by atoms with Gasteiger partial charge in [-0.25, -0.2) is 0 Å². The fraction of sp³-hybridized carbons (Fsp3) is 0. The van der Waals surface area contributed by atoms with Crippen molar-refractivity contribution in [3.63, 3.8) is 0 Å². The highest BCUT2D eigenvalue weighted by Gasteiger charge is 2.09. The van der Waals surface area contributed by atoms with Gasteiger partial charge in [-0.05, 0) is 42.5 Å². The van der Waals surface area contributed by atoms with E-state index in [1.54, 1.807) is 48.5 Å². The van der Waals surface area contributed by atoms with Gasteiger partial charge in [0.25, 0.3) is 0 Å². The van der Waals surface area contributed by atoms with Gasteiger partial charge in [0.1, 0.15) is 0 Å². The summed E-state index contributed by atoms with van der Waals surface area (Å²) in [5.41, 5.74) is 1.58. The molecule has 0 fully saturated rings. The van der Waals surface area contributed by atoms with Gasteiger partial charge in [0.05, 0.1) is 22.6 Å². The van der Waals surface area contributed by atoms with Gasteiger partial charge in [-0.2, -0.15) is 0 Å². The van der Waals surface area contributed by atoms with Crippen molar-refractivity contribution in [1.29, 1.82) is 0 Å². The van der Waals surface area contributed by atoms with Crippen LogP contribution in [0.15, 0.2) is 67.3 Å². The van der Waals surface area contributed by atoms with Crippen LogP contribution in [0.2, 0.25) is 0 Å². The van der Waals surface area contributed by atoms with E-state index in [-0.39, 0.29) is 5.91 Å². The maximum Gasteiger partial charge on any atom is 0.247 e. The smallest absolute Gasteiger partial charge is 0.247 e. The number of hydrogen-bond acceptors (Lipinski definition) is 3. The Morgan fingerprint density at radius 2 is 1.67 bits per heavy atom. The molecule has 0 bridgehead atoms. The third-order valence-electron chi connectivity index (χ3n) is 2.69. The Morgan fingerprint density at radius 3 is 2.19 bits per heavy atom. The summed E-state index contributed by atoms with van der Waals surface area (Å²) in [6.07, 6.45) is 1.16. The van der Waals surface area contributed by atoms with Crippen molar-refractivity contribution in [2.75, 3.05) is 9.62 Å². The first kappa shape index (κ1) is 15.0. The molecule has 0 spiro atoms. The van der Waals surface area contributed by atoms with Crippen LogP contribution in [-0.2, 0) is 16.1 Å². The van der Waals surface area contributed by atoms with Gasteiger partial charge in [0, 0.05) is 5.69 Å². The number of carbonyl (C=O) groups is 1. The quantitative estimate of drug-likeness (QED) is 0.681. The zero-order valence-corrected chi connectivity index (χ0v) is 11.9. The molecule has 0 saturated heterocycles. The van der Waals surface area contributed by atoms with Gasteiger partial charge in [-0.3, -0.25) is 13.3 Å². The van der Waals surface area contributed by atoms with E-state index < -0.39 is 11.3 Å². The van der Waals surface area contributed by atoms with E-state index in [0.29, 0.717) is 17.1 Å². The first-order chi connectivity index (χ1) is 10.1. The van der Waals surface area contributed by atoms with Crippen LogP contribution in [0.25, 0.3) is 0 Å². The molecule has 2 aromatic carbocycles. The normalized spacial score (nSPS) is 11.5. The molecule has 0 radical (unpaired) electrons. The number of nitrogens with zero attached hydrogens (tertiary/aromatic N) is 1. The third kappa shape index (κ3) is 3.77. The first-order valence-corrected chi connectivity index (χ1v) is 7.13. The van der Waals surface area contributed by atoms with Crippen molar-refractivity contribution in [1.82, 2.24) is 0 Å². The number of anilines is 3. The fourth-order valence-electron chi connectivity index (χ4n) is 1.76. The predicted molar refractivity (Wildman–Crippen MR) is 82.8 cm³/mol. The Hall–Kier alpha value is -2.44. The van der Waals surface area contributed by atoms with Gasteiger partial charge in [0.15, 0.2) is 0 Å². The van der Waals surface area contributed by atoms with Gasteiger partial charge < -0.3 is 9.87 Å². The van der Waals surface area contributed by atoms with Crippen molar-refractivity contribution in [2.45, 2.75) is 0 Å². The minimum absolute atomic E-state index is 0.324. The molecule has 5 nitrogen and oxygen atoms in total. The summed E-state index contributed by atoms with van der Waals surface area (Å²) in [6, 6.07) is 15.2. The van der Waals surface area contributed by atoms with E-state index in [9.17, 15) is 13.6 Å². The second-order valence-corrected chi connectivity index (χ2v) is 4.89. The Morgan fingerprint density at radius 1 is 1.10 bits per heavy atom. The number of rotatable bonds is 5. The summed E-state index contributed by atoms with van der Waals surface area (Å²) in [6.45, 7) is 3.36. The summed E-state index contributed by atoms with van der Waals surface area (Å²) < 4.78 is 24.1. The van der Waals surface area contributed by atoms with Crippen LogP contribution in [0.4, 0.5) is 17.1 Å². The van der Waals surface area contributed by atoms with E-state index in [0.717, 1.165) is 6.08 Å².